The maximum atomic E-state index is 12.0. The maximum Gasteiger partial charge on any atom is 0.315 e. The SMILES string of the molecule is Cl.NCC(NC(=O)CNC(=O)NC1CCCCC1)C1CCCCC1. The Bertz CT molecular complexity index is 383. The number of hydrogen-bond donors (Lipinski definition) is 4. The molecule has 0 aliphatic heterocycles. The van der Waals surface area contributed by atoms with Crippen molar-refractivity contribution < 1.29 is 9.59 Å². The Labute approximate surface area is 151 Å². The van der Waals surface area contributed by atoms with Crippen LogP contribution in [0.2, 0.25) is 0 Å². The normalized spacial score (nSPS) is 20.5. The summed E-state index contributed by atoms with van der Waals surface area (Å²) in [4.78, 5) is 23.9. The fraction of sp³-hybridized carbons (Fsp3) is 0.882. The molecule has 0 aromatic heterocycles. The summed E-state index contributed by atoms with van der Waals surface area (Å²) in [6.45, 7) is 0.479. The van der Waals surface area contributed by atoms with Crippen molar-refractivity contribution in [3.63, 3.8) is 0 Å². The van der Waals surface area contributed by atoms with Gasteiger partial charge in [0.2, 0.25) is 5.91 Å². The molecule has 140 valence electrons. The molecule has 0 heterocycles. The largest absolute Gasteiger partial charge is 0.350 e. The van der Waals surface area contributed by atoms with Crippen LogP contribution in [0.25, 0.3) is 0 Å². The summed E-state index contributed by atoms with van der Waals surface area (Å²) in [5, 5.41) is 8.60. The average Bonchev–Trinajstić information content (AvgIpc) is 2.59. The summed E-state index contributed by atoms with van der Waals surface area (Å²) >= 11 is 0. The molecule has 0 spiro atoms. The van der Waals surface area contributed by atoms with Gasteiger partial charge in [-0.3, -0.25) is 4.79 Å². The number of amides is 3. The highest BCUT2D eigenvalue weighted by Gasteiger charge is 2.24. The number of carbonyl (C=O) groups excluding carboxylic acids is 2. The fourth-order valence-corrected chi connectivity index (χ4v) is 3.81. The fourth-order valence-electron chi connectivity index (χ4n) is 3.81. The van der Waals surface area contributed by atoms with Gasteiger partial charge in [0.05, 0.1) is 6.54 Å². The van der Waals surface area contributed by atoms with Gasteiger partial charge >= 0.3 is 6.03 Å². The molecule has 5 N–H and O–H groups in total. The monoisotopic (exact) mass is 360 g/mol. The number of nitrogens with one attached hydrogen (secondary N) is 3. The number of rotatable bonds is 6. The van der Waals surface area contributed by atoms with Gasteiger partial charge < -0.3 is 21.7 Å². The molecule has 0 saturated heterocycles. The van der Waals surface area contributed by atoms with Gasteiger partial charge in [0.1, 0.15) is 0 Å². The van der Waals surface area contributed by atoms with E-state index in [-0.39, 0.29) is 43.0 Å². The third-order valence-corrected chi connectivity index (χ3v) is 5.17. The lowest BCUT2D eigenvalue weighted by Crippen LogP contribution is -2.51. The summed E-state index contributed by atoms with van der Waals surface area (Å²) < 4.78 is 0. The molecule has 2 fully saturated rings. The number of nitrogens with two attached hydrogens (primary N) is 1. The summed E-state index contributed by atoms with van der Waals surface area (Å²) in [6, 6.07) is 0.0471. The van der Waals surface area contributed by atoms with Crippen molar-refractivity contribution in [1.82, 2.24) is 16.0 Å². The smallest absolute Gasteiger partial charge is 0.315 e. The van der Waals surface area contributed by atoms with Crippen LogP contribution in [0.3, 0.4) is 0 Å². The van der Waals surface area contributed by atoms with Crippen molar-refractivity contribution in [2.45, 2.75) is 76.3 Å². The second-order valence-electron chi connectivity index (χ2n) is 6.97. The molecule has 0 radical (unpaired) electrons. The van der Waals surface area contributed by atoms with Gasteiger partial charge in [0, 0.05) is 18.6 Å². The Morgan fingerprint density at radius 2 is 1.54 bits per heavy atom. The minimum absolute atomic E-state index is 0. The van der Waals surface area contributed by atoms with Crippen molar-refractivity contribution in [2.24, 2.45) is 11.7 Å². The van der Waals surface area contributed by atoms with E-state index in [4.69, 9.17) is 5.73 Å². The van der Waals surface area contributed by atoms with Crippen LogP contribution in [0.15, 0.2) is 0 Å². The standard InChI is InChI=1S/C17H32N4O2.ClH/c18-11-15(13-7-3-1-4-8-13)21-16(22)12-19-17(23)20-14-9-5-2-6-10-14;/h13-15H,1-12,18H2,(H,21,22)(H2,19,20,23);1H. The van der Waals surface area contributed by atoms with Gasteiger partial charge in [-0.25, -0.2) is 4.79 Å². The highest BCUT2D eigenvalue weighted by Crippen LogP contribution is 2.26. The number of urea groups is 1. The number of carbonyl (C=O) groups is 2. The number of hydrogen-bond acceptors (Lipinski definition) is 3. The highest BCUT2D eigenvalue weighted by atomic mass is 35.5. The Hall–Kier alpha value is -1.01. The zero-order chi connectivity index (χ0) is 16.5. The van der Waals surface area contributed by atoms with E-state index in [1.807, 2.05) is 0 Å². The molecular weight excluding hydrogens is 328 g/mol. The minimum atomic E-state index is -0.242. The molecule has 2 aliphatic carbocycles. The second-order valence-corrected chi connectivity index (χ2v) is 6.97. The van der Waals surface area contributed by atoms with E-state index < -0.39 is 0 Å². The Morgan fingerprint density at radius 1 is 0.958 bits per heavy atom. The number of halogens is 1. The van der Waals surface area contributed by atoms with Crippen molar-refractivity contribution in [3.05, 3.63) is 0 Å². The molecule has 0 bridgehead atoms. The molecular formula is C17H33ClN4O2. The topological polar surface area (TPSA) is 96.2 Å². The highest BCUT2D eigenvalue weighted by molar-refractivity contribution is 5.85. The molecule has 7 heteroatoms. The van der Waals surface area contributed by atoms with Gasteiger partial charge in [0.25, 0.3) is 0 Å². The van der Waals surface area contributed by atoms with E-state index in [1.54, 1.807) is 0 Å². The van der Waals surface area contributed by atoms with Crippen LogP contribution in [-0.4, -0.2) is 37.1 Å². The van der Waals surface area contributed by atoms with E-state index in [2.05, 4.69) is 16.0 Å². The molecule has 1 unspecified atom stereocenters. The van der Waals surface area contributed by atoms with E-state index in [0.29, 0.717) is 12.5 Å². The van der Waals surface area contributed by atoms with E-state index in [1.165, 1.54) is 38.5 Å². The summed E-state index contributed by atoms with van der Waals surface area (Å²) in [6.07, 6.45) is 11.7. The predicted molar refractivity (Wildman–Crippen MR) is 98.2 cm³/mol. The molecule has 2 rings (SSSR count). The third kappa shape index (κ3) is 7.26. The van der Waals surface area contributed by atoms with Crippen molar-refractivity contribution in [3.8, 4) is 0 Å². The predicted octanol–water partition coefficient (Wildman–Crippen LogP) is 2.06. The van der Waals surface area contributed by atoms with Gasteiger partial charge in [-0.15, -0.1) is 12.4 Å². The van der Waals surface area contributed by atoms with E-state index in [9.17, 15) is 9.59 Å². The van der Waals surface area contributed by atoms with Crippen LogP contribution < -0.4 is 21.7 Å². The summed E-state index contributed by atoms with van der Waals surface area (Å²) in [5.41, 5.74) is 5.82. The molecule has 2 saturated carbocycles. The summed E-state index contributed by atoms with van der Waals surface area (Å²) in [7, 11) is 0. The lowest BCUT2D eigenvalue weighted by atomic mass is 9.84. The first-order valence-corrected chi connectivity index (χ1v) is 9.23. The first kappa shape index (κ1) is 21.0. The lowest BCUT2D eigenvalue weighted by molar-refractivity contribution is -0.121. The average molecular weight is 361 g/mol. The molecule has 24 heavy (non-hydrogen) atoms. The second kappa shape index (κ2) is 11.5. The first-order chi connectivity index (χ1) is 11.2. The molecule has 6 nitrogen and oxygen atoms in total. The maximum absolute atomic E-state index is 12.0. The van der Waals surface area contributed by atoms with E-state index in [0.717, 1.165) is 25.7 Å². The lowest BCUT2D eigenvalue weighted by Gasteiger charge is -2.30. The first-order valence-electron chi connectivity index (χ1n) is 9.23. The van der Waals surface area contributed by atoms with E-state index >= 15 is 0 Å². The third-order valence-electron chi connectivity index (χ3n) is 5.17. The van der Waals surface area contributed by atoms with Crippen molar-refractivity contribution in [2.75, 3.05) is 13.1 Å². The van der Waals surface area contributed by atoms with Crippen LogP contribution in [0.1, 0.15) is 64.2 Å². The zero-order valence-electron chi connectivity index (χ0n) is 14.5. The molecule has 3 amide bonds. The molecule has 0 aromatic carbocycles. The summed E-state index contributed by atoms with van der Waals surface area (Å²) in [5.74, 6) is 0.332. The Morgan fingerprint density at radius 3 is 2.12 bits per heavy atom. The van der Waals surface area contributed by atoms with Crippen LogP contribution in [-0.2, 0) is 4.79 Å². The zero-order valence-corrected chi connectivity index (χ0v) is 15.3. The van der Waals surface area contributed by atoms with Crippen LogP contribution >= 0.6 is 12.4 Å². The Balaban J connectivity index is 0.00000288. The molecule has 1 atom stereocenters. The Kier molecular flexibility index (Phi) is 10.1. The van der Waals surface area contributed by atoms with Gasteiger partial charge in [-0.2, -0.15) is 0 Å². The van der Waals surface area contributed by atoms with Crippen molar-refractivity contribution in [1.29, 1.82) is 0 Å². The van der Waals surface area contributed by atoms with Crippen LogP contribution in [0, 0.1) is 5.92 Å². The van der Waals surface area contributed by atoms with Crippen LogP contribution in [0.4, 0.5) is 4.79 Å². The van der Waals surface area contributed by atoms with Gasteiger partial charge in [0.15, 0.2) is 0 Å². The minimum Gasteiger partial charge on any atom is -0.350 e. The van der Waals surface area contributed by atoms with Gasteiger partial charge in [-0.1, -0.05) is 38.5 Å². The van der Waals surface area contributed by atoms with Crippen molar-refractivity contribution >= 4 is 24.3 Å². The quantitative estimate of drug-likeness (QED) is 0.583. The van der Waals surface area contributed by atoms with Gasteiger partial charge in [-0.05, 0) is 31.6 Å². The molecule has 0 aromatic rings. The molecule has 2 aliphatic rings. The van der Waals surface area contributed by atoms with Crippen LogP contribution in [0.5, 0.6) is 0 Å².